The summed E-state index contributed by atoms with van der Waals surface area (Å²) in [5.41, 5.74) is 3.10. The maximum absolute atomic E-state index is 9.58. The molecule has 24 heavy (non-hydrogen) atoms. The van der Waals surface area contributed by atoms with Gasteiger partial charge < -0.3 is 10.0 Å². The maximum atomic E-state index is 9.58. The summed E-state index contributed by atoms with van der Waals surface area (Å²) in [5.74, 6) is 4.22. The number of aliphatic hydroxyl groups is 1. The van der Waals surface area contributed by atoms with E-state index in [1.54, 1.807) is 11.1 Å². The Morgan fingerprint density at radius 1 is 0.875 bits per heavy atom. The second kappa shape index (κ2) is 8.67. The fourth-order valence-electron chi connectivity index (χ4n) is 5.32. The molecule has 0 aliphatic heterocycles. The minimum atomic E-state index is 0.273. The Balaban J connectivity index is 2.04. The maximum Gasteiger partial charge on any atom is 0.0558 e. The molecule has 6 atom stereocenters. The van der Waals surface area contributed by atoms with Crippen molar-refractivity contribution in [2.45, 2.75) is 54.4 Å². The van der Waals surface area contributed by atoms with Crippen LogP contribution in [-0.4, -0.2) is 36.2 Å². The summed E-state index contributed by atoms with van der Waals surface area (Å²) in [5, 5.41) is 9.58. The first kappa shape index (κ1) is 19.7. The average Bonchev–Trinajstić information content (AvgIpc) is 2.46. The van der Waals surface area contributed by atoms with Gasteiger partial charge in [-0.3, -0.25) is 0 Å². The van der Waals surface area contributed by atoms with Crippen LogP contribution in [-0.2, 0) is 0 Å². The van der Waals surface area contributed by atoms with Gasteiger partial charge in [-0.1, -0.05) is 51.0 Å². The van der Waals surface area contributed by atoms with Gasteiger partial charge in [0.15, 0.2) is 0 Å². The van der Waals surface area contributed by atoms with Crippen LogP contribution in [0.1, 0.15) is 54.4 Å². The third-order valence-corrected chi connectivity index (χ3v) is 6.55. The number of hydrogen-bond donors (Lipinski definition) is 1. The van der Waals surface area contributed by atoms with E-state index in [-0.39, 0.29) is 6.61 Å². The Morgan fingerprint density at radius 2 is 1.29 bits per heavy atom. The highest BCUT2D eigenvalue weighted by Crippen LogP contribution is 2.36. The first-order valence-corrected chi connectivity index (χ1v) is 9.99. The summed E-state index contributed by atoms with van der Waals surface area (Å²) in [4.78, 5) is 2.55. The van der Waals surface area contributed by atoms with Gasteiger partial charge in [0.2, 0.25) is 0 Å². The summed E-state index contributed by atoms with van der Waals surface area (Å²) < 4.78 is 0. The van der Waals surface area contributed by atoms with Crippen molar-refractivity contribution in [2.24, 2.45) is 35.5 Å². The first-order valence-electron chi connectivity index (χ1n) is 9.99. The van der Waals surface area contributed by atoms with Crippen molar-refractivity contribution in [2.75, 3.05) is 26.2 Å². The molecule has 0 unspecified atom stereocenters. The largest absolute Gasteiger partial charge is 0.395 e. The lowest BCUT2D eigenvalue weighted by atomic mass is 9.73. The molecule has 2 rings (SSSR count). The Kier molecular flexibility index (Phi) is 7.12. The molecule has 0 saturated heterocycles. The Morgan fingerprint density at radius 3 is 1.62 bits per heavy atom. The van der Waals surface area contributed by atoms with Gasteiger partial charge >= 0.3 is 0 Å². The molecule has 0 bridgehead atoms. The number of hydrogen-bond acceptors (Lipinski definition) is 2. The van der Waals surface area contributed by atoms with Gasteiger partial charge in [-0.05, 0) is 62.2 Å². The normalized spacial score (nSPS) is 37.3. The van der Waals surface area contributed by atoms with Crippen molar-refractivity contribution in [1.82, 2.24) is 4.90 Å². The van der Waals surface area contributed by atoms with Crippen LogP contribution in [0, 0.1) is 35.5 Å². The first-order chi connectivity index (χ1) is 11.3. The topological polar surface area (TPSA) is 23.5 Å². The van der Waals surface area contributed by atoms with E-state index in [4.69, 9.17) is 0 Å². The van der Waals surface area contributed by atoms with Gasteiger partial charge in [-0.25, -0.2) is 0 Å². The third kappa shape index (κ3) is 4.95. The number of aliphatic hydroxyl groups excluding tert-OH is 1. The highest BCUT2D eigenvalue weighted by atomic mass is 16.3. The quantitative estimate of drug-likeness (QED) is 0.709. The minimum absolute atomic E-state index is 0.273. The molecule has 1 N–H and O–H groups in total. The van der Waals surface area contributed by atoms with Crippen molar-refractivity contribution in [1.29, 1.82) is 0 Å². The second-order valence-corrected chi connectivity index (χ2v) is 8.92. The van der Waals surface area contributed by atoms with E-state index in [9.17, 15) is 5.11 Å². The number of nitrogens with zero attached hydrogens (tertiary/aromatic N) is 1. The van der Waals surface area contributed by atoms with Crippen LogP contribution in [0.25, 0.3) is 0 Å². The molecular weight excluding hydrogens is 294 g/mol. The Bertz CT molecular complexity index is 427. The highest BCUT2D eigenvalue weighted by molar-refractivity contribution is 5.10. The highest BCUT2D eigenvalue weighted by Gasteiger charge is 2.32. The lowest BCUT2D eigenvalue weighted by Gasteiger charge is -2.41. The fraction of sp³-hybridized carbons (Fsp3) is 0.818. The van der Waals surface area contributed by atoms with Crippen molar-refractivity contribution in [3.05, 3.63) is 23.3 Å². The lowest BCUT2D eigenvalue weighted by Crippen LogP contribution is -2.43. The number of rotatable bonds is 6. The van der Waals surface area contributed by atoms with E-state index < -0.39 is 0 Å². The monoisotopic (exact) mass is 333 g/mol. The van der Waals surface area contributed by atoms with Crippen LogP contribution in [0.4, 0.5) is 0 Å². The van der Waals surface area contributed by atoms with Gasteiger partial charge in [-0.15, -0.1) is 0 Å². The summed E-state index contributed by atoms with van der Waals surface area (Å²) in [6.45, 7) is 17.5. The van der Waals surface area contributed by atoms with E-state index in [0.29, 0.717) is 23.7 Å². The Hall–Kier alpha value is -0.600. The Labute approximate surface area is 150 Å². The average molecular weight is 334 g/mol. The number of allylic oxidation sites excluding steroid dienone is 4. The van der Waals surface area contributed by atoms with Crippen molar-refractivity contribution >= 4 is 0 Å². The molecule has 0 aromatic rings. The molecule has 0 heterocycles. The van der Waals surface area contributed by atoms with Gasteiger partial charge in [0.1, 0.15) is 0 Å². The lowest BCUT2D eigenvalue weighted by molar-refractivity contribution is 0.0960. The molecule has 0 radical (unpaired) electrons. The molecule has 0 spiro atoms. The zero-order valence-electron chi connectivity index (χ0n) is 16.8. The molecule has 2 aliphatic rings. The van der Waals surface area contributed by atoms with E-state index in [1.807, 2.05) is 0 Å². The molecule has 0 aromatic heterocycles. The van der Waals surface area contributed by atoms with Crippen LogP contribution in [0.2, 0.25) is 0 Å². The third-order valence-electron chi connectivity index (χ3n) is 6.55. The van der Waals surface area contributed by atoms with Gasteiger partial charge in [0.05, 0.1) is 6.61 Å². The summed E-state index contributed by atoms with van der Waals surface area (Å²) in [6.07, 6.45) is 7.42. The fourth-order valence-corrected chi connectivity index (χ4v) is 5.32. The van der Waals surface area contributed by atoms with Crippen molar-refractivity contribution < 1.29 is 5.11 Å². The molecular formula is C22H39NO. The summed E-state index contributed by atoms with van der Waals surface area (Å²) in [6, 6.07) is 0. The van der Waals surface area contributed by atoms with E-state index >= 15 is 0 Å². The van der Waals surface area contributed by atoms with E-state index in [1.165, 1.54) is 12.8 Å². The van der Waals surface area contributed by atoms with Crippen LogP contribution >= 0.6 is 0 Å². The van der Waals surface area contributed by atoms with Gasteiger partial charge in [0.25, 0.3) is 0 Å². The van der Waals surface area contributed by atoms with Crippen LogP contribution < -0.4 is 0 Å². The zero-order valence-corrected chi connectivity index (χ0v) is 16.8. The van der Waals surface area contributed by atoms with Crippen LogP contribution in [0.15, 0.2) is 23.3 Å². The summed E-state index contributed by atoms with van der Waals surface area (Å²) >= 11 is 0. The smallest absolute Gasteiger partial charge is 0.0558 e. The molecule has 0 aromatic carbocycles. The van der Waals surface area contributed by atoms with Crippen molar-refractivity contribution in [3.63, 3.8) is 0 Å². The predicted octanol–water partition coefficient (Wildman–Crippen LogP) is 4.76. The van der Waals surface area contributed by atoms with Crippen LogP contribution in [0.5, 0.6) is 0 Å². The van der Waals surface area contributed by atoms with Crippen molar-refractivity contribution in [3.8, 4) is 0 Å². The predicted molar refractivity (Wildman–Crippen MR) is 104 cm³/mol. The molecule has 2 heteroatoms. The summed E-state index contributed by atoms with van der Waals surface area (Å²) in [7, 11) is 0. The van der Waals surface area contributed by atoms with Gasteiger partial charge in [-0.2, -0.15) is 0 Å². The second-order valence-electron chi connectivity index (χ2n) is 8.92. The van der Waals surface area contributed by atoms with Gasteiger partial charge in [0, 0.05) is 19.6 Å². The molecule has 2 aliphatic carbocycles. The minimum Gasteiger partial charge on any atom is -0.395 e. The molecule has 0 fully saturated rings. The van der Waals surface area contributed by atoms with Crippen LogP contribution in [0.3, 0.4) is 0 Å². The molecule has 138 valence electrons. The molecule has 0 amide bonds. The van der Waals surface area contributed by atoms with E-state index in [0.717, 1.165) is 31.5 Å². The SMILES string of the molecule is CC1=C[C@H](C)[C@H](CN(CCO)C[C@H]2[C@H](C)C=C(C)C[C@H]2C)[C@H](C)C1. The standard InChI is InChI=1S/C22H39NO/c1-15-9-17(3)21(18(4)10-15)13-23(7-8-24)14-22-19(5)11-16(2)12-20(22)6/h9,11,17-22,24H,7-8,10,12-14H2,1-6H3/t17-,18-,19+,20-,21+,22+/m1/s1. The molecule has 0 saturated carbocycles. The zero-order chi connectivity index (χ0) is 17.9. The molecule has 2 nitrogen and oxygen atoms in total. The van der Waals surface area contributed by atoms with E-state index in [2.05, 4.69) is 58.6 Å².